The Balaban J connectivity index is 2.80. The van der Waals surface area contributed by atoms with Gasteiger partial charge in [0, 0.05) is 17.8 Å². The number of nitrogens with two attached hydrogens (primary N) is 1. The van der Waals surface area contributed by atoms with Crippen LogP contribution in [0.4, 0.5) is 10.1 Å². The Hall–Kier alpha value is -1.13. The normalized spacial score (nSPS) is 12.1. The lowest BCUT2D eigenvalue weighted by atomic mass is 10.0. The van der Waals surface area contributed by atoms with Crippen molar-refractivity contribution in [1.82, 2.24) is 4.90 Å². The third-order valence-corrected chi connectivity index (χ3v) is 2.82. The van der Waals surface area contributed by atoms with Crippen molar-refractivity contribution in [2.24, 2.45) is 0 Å². The monoisotopic (exact) mass is 226 g/mol. The molecule has 16 heavy (non-hydrogen) atoms. The Morgan fingerprint density at radius 1 is 1.38 bits per heavy atom. The largest absolute Gasteiger partial charge is 0.399 e. The summed E-state index contributed by atoms with van der Waals surface area (Å²) in [6, 6.07) is 4.49. The minimum Gasteiger partial charge on any atom is -0.399 e. The van der Waals surface area contributed by atoms with Gasteiger partial charge < -0.3 is 10.8 Å². The second-order valence-electron chi connectivity index (χ2n) is 4.72. The zero-order chi connectivity index (χ0) is 12.3. The summed E-state index contributed by atoms with van der Waals surface area (Å²) in [7, 11) is 1.89. The third kappa shape index (κ3) is 3.18. The van der Waals surface area contributed by atoms with Crippen molar-refractivity contribution in [3.05, 3.63) is 29.6 Å². The lowest BCUT2D eigenvalue weighted by molar-refractivity contribution is 0.0733. The fourth-order valence-electron chi connectivity index (χ4n) is 1.38. The lowest BCUT2D eigenvalue weighted by Gasteiger charge is -2.33. The average molecular weight is 226 g/mol. The molecule has 0 heterocycles. The van der Waals surface area contributed by atoms with Gasteiger partial charge in [0.25, 0.3) is 0 Å². The van der Waals surface area contributed by atoms with Crippen LogP contribution in [0.15, 0.2) is 18.2 Å². The fourth-order valence-corrected chi connectivity index (χ4v) is 1.38. The maximum absolute atomic E-state index is 13.1. The summed E-state index contributed by atoms with van der Waals surface area (Å²) in [5.41, 5.74) is 6.47. The standard InChI is InChI=1S/C12H19FN2O/c1-12(2,8-16)15(3)7-9-4-10(13)6-11(14)5-9/h4-6,16H,7-8,14H2,1-3H3. The molecule has 0 spiro atoms. The molecule has 0 aliphatic carbocycles. The average Bonchev–Trinajstić information content (AvgIpc) is 2.15. The van der Waals surface area contributed by atoms with Crippen LogP contribution in [-0.2, 0) is 6.54 Å². The van der Waals surface area contributed by atoms with E-state index in [0.29, 0.717) is 12.2 Å². The maximum atomic E-state index is 13.1. The topological polar surface area (TPSA) is 49.5 Å². The number of nitrogens with zero attached hydrogens (tertiary/aromatic N) is 1. The molecule has 0 fully saturated rings. The van der Waals surface area contributed by atoms with E-state index in [0.717, 1.165) is 5.56 Å². The van der Waals surface area contributed by atoms with E-state index >= 15 is 0 Å². The molecule has 1 aromatic rings. The predicted octanol–water partition coefficient (Wildman–Crippen LogP) is 1.61. The summed E-state index contributed by atoms with van der Waals surface area (Å²) in [4.78, 5) is 1.96. The fraction of sp³-hybridized carbons (Fsp3) is 0.500. The first kappa shape index (κ1) is 12.9. The van der Waals surface area contributed by atoms with Gasteiger partial charge in [-0.05, 0) is 44.7 Å². The molecule has 0 saturated heterocycles. The summed E-state index contributed by atoms with van der Waals surface area (Å²) in [5.74, 6) is -0.329. The van der Waals surface area contributed by atoms with E-state index in [1.807, 2.05) is 25.8 Å². The zero-order valence-electron chi connectivity index (χ0n) is 10.00. The molecular formula is C12H19FN2O. The van der Waals surface area contributed by atoms with Crippen LogP contribution < -0.4 is 5.73 Å². The van der Waals surface area contributed by atoms with Crippen molar-refractivity contribution in [3.8, 4) is 0 Å². The molecule has 0 bridgehead atoms. The molecule has 3 N–H and O–H groups in total. The maximum Gasteiger partial charge on any atom is 0.125 e. The van der Waals surface area contributed by atoms with Crippen molar-refractivity contribution < 1.29 is 9.50 Å². The van der Waals surface area contributed by atoms with Gasteiger partial charge in [0.15, 0.2) is 0 Å². The van der Waals surface area contributed by atoms with Gasteiger partial charge in [0.05, 0.1) is 6.61 Å². The van der Waals surface area contributed by atoms with E-state index < -0.39 is 0 Å². The summed E-state index contributed by atoms with van der Waals surface area (Å²) in [6.45, 7) is 4.45. The van der Waals surface area contributed by atoms with Crippen molar-refractivity contribution in [1.29, 1.82) is 0 Å². The van der Waals surface area contributed by atoms with Gasteiger partial charge in [0.2, 0.25) is 0 Å². The highest BCUT2D eigenvalue weighted by atomic mass is 19.1. The molecular weight excluding hydrogens is 207 g/mol. The second-order valence-corrected chi connectivity index (χ2v) is 4.72. The van der Waals surface area contributed by atoms with Crippen LogP contribution in [0.2, 0.25) is 0 Å². The first-order chi connectivity index (χ1) is 7.35. The van der Waals surface area contributed by atoms with Crippen LogP contribution in [0.3, 0.4) is 0 Å². The molecule has 0 saturated carbocycles. The molecule has 0 radical (unpaired) electrons. The Labute approximate surface area is 95.7 Å². The van der Waals surface area contributed by atoms with Gasteiger partial charge in [-0.1, -0.05) is 0 Å². The van der Waals surface area contributed by atoms with Crippen molar-refractivity contribution >= 4 is 5.69 Å². The highest BCUT2D eigenvalue weighted by molar-refractivity contribution is 5.41. The van der Waals surface area contributed by atoms with Crippen LogP contribution in [0.5, 0.6) is 0 Å². The summed E-state index contributed by atoms with van der Waals surface area (Å²) < 4.78 is 13.1. The van der Waals surface area contributed by atoms with Crippen LogP contribution >= 0.6 is 0 Å². The molecule has 90 valence electrons. The molecule has 3 nitrogen and oxygen atoms in total. The van der Waals surface area contributed by atoms with Gasteiger partial charge in [0.1, 0.15) is 5.82 Å². The van der Waals surface area contributed by atoms with Crippen LogP contribution in [0.25, 0.3) is 0 Å². The number of hydrogen-bond donors (Lipinski definition) is 2. The Kier molecular flexibility index (Phi) is 3.88. The van der Waals surface area contributed by atoms with Crippen molar-refractivity contribution in [2.45, 2.75) is 25.9 Å². The number of benzene rings is 1. The Morgan fingerprint density at radius 2 is 2.00 bits per heavy atom. The van der Waals surface area contributed by atoms with E-state index in [-0.39, 0.29) is 18.0 Å². The Bertz CT molecular complexity index is 346. The first-order valence-corrected chi connectivity index (χ1v) is 5.22. The van der Waals surface area contributed by atoms with Crippen molar-refractivity contribution in [2.75, 3.05) is 19.4 Å². The first-order valence-electron chi connectivity index (χ1n) is 5.22. The van der Waals surface area contributed by atoms with Crippen LogP contribution in [0, 0.1) is 5.82 Å². The number of rotatable bonds is 4. The minimum atomic E-state index is -0.332. The number of likely N-dealkylation sites (N-methyl/N-ethyl adjacent to an activating group) is 1. The molecule has 0 atom stereocenters. The molecule has 0 aliphatic heterocycles. The molecule has 0 amide bonds. The molecule has 0 aromatic heterocycles. The van der Waals surface area contributed by atoms with Gasteiger partial charge >= 0.3 is 0 Å². The van der Waals surface area contributed by atoms with E-state index in [9.17, 15) is 9.50 Å². The zero-order valence-corrected chi connectivity index (χ0v) is 10.00. The number of hydrogen-bond acceptors (Lipinski definition) is 3. The van der Waals surface area contributed by atoms with E-state index in [1.165, 1.54) is 12.1 Å². The molecule has 4 heteroatoms. The number of aliphatic hydroxyl groups is 1. The minimum absolute atomic E-state index is 0.0499. The molecule has 0 aliphatic rings. The number of nitrogen functional groups attached to an aromatic ring is 1. The highest BCUT2D eigenvalue weighted by Gasteiger charge is 2.22. The highest BCUT2D eigenvalue weighted by Crippen LogP contribution is 2.17. The second kappa shape index (κ2) is 4.80. The van der Waals surface area contributed by atoms with Gasteiger partial charge in [-0.15, -0.1) is 0 Å². The number of aliphatic hydroxyl groups excluding tert-OH is 1. The number of anilines is 1. The van der Waals surface area contributed by atoms with E-state index in [4.69, 9.17) is 5.73 Å². The molecule has 1 aromatic carbocycles. The van der Waals surface area contributed by atoms with Gasteiger partial charge in [-0.3, -0.25) is 4.90 Å². The molecule has 0 unspecified atom stereocenters. The van der Waals surface area contributed by atoms with Crippen molar-refractivity contribution in [3.63, 3.8) is 0 Å². The van der Waals surface area contributed by atoms with E-state index in [1.54, 1.807) is 6.07 Å². The summed E-state index contributed by atoms with van der Waals surface area (Å²) in [5, 5.41) is 9.21. The lowest BCUT2D eigenvalue weighted by Crippen LogP contribution is -2.43. The predicted molar refractivity (Wildman–Crippen MR) is 63.4 cm³/mol. The van der Waals surface area contributed by atoms with E-state index in [2.05, 4.69) is 0 Å². The van der Waals surface area contributed by atoms with Gasteiger partial charge in [-0.2, -0.15) is 0 Å². The third-order valence-electron chi connectivity index (χ3n) is 2.82. The smallest absolute Gasteiger partial charge is 0.125 e. The molecule has 1 rings (SSSR count). The van der Waals surface area contributed by atoms with Crippen LogP contribution in [-0.4, -0.2) is 29.2 Å². The summed E-state index contributed by atoms with van der Waals surface area (Å²) in [6.07, 6.45) is 0. The quantitative estimate of drug-likeness (QED) is 0.767. The van der Waals surface area contributed by atoms with Crippen LogP contribution in [0.1, 0.15) is 19.4 Å². The van der Waals surface area contributed by atoms with Gasteiger partial charge in [-0.25, -0.2) is 4.39 Å². The Morgan fingerprint density at radius 3 is 2.50 bits per heavy atom. The summed E-state index contributed by atoms with van der Waals surface area (Å²) >= 11 is 0. The SMILES string of the molecule is CN(Cc1cc(N)cc(F)c1)C(C)(C)CO. The number of halogens is 1.